The van der Waals surface area contributed by atoms with Gasteiger partial charge in [0, 0.05) is 32.1 Å². The van der Waals surface area contributed by atoms with Gasteiger partial charge in [-0.3, -0.25) is 0 Å². The standard InChI is InChI=1S/C12H26N4O3S/c1-3-15(10-11(2)12(13)14-17)20(18,19)16-8-6-4-5-7-9-16/h11,17H,3-10H2,1-2H3,(H2,13,14). The van der Waals surface area contributed by atoms with Gasteiger partial charge in [-0.25, -0.2) is 0 Å². The van der Waals surface area contributed by atoms with Crippen molar-refractivity contribution in [3.05, 3.63) is 0 Å². The summed E-state index contributed by atoms with van der Waals surface area (Å²) in [5.74, 6) is -0.267. The van der Waals surface area contributed by atoms with Crippen LogP contribution in [0.5, 0.6) is 0 Å². The number of hydrogen-bond acceptors (Lipinski definition) is 4. The van der Waals surface area contributed by atoms with Gasteiger partial charge in [0.2, 0.25) is 0 Å². The highest BCUT2D eigenvalue weighted by Crippen LogP contribution is 2.17. The van der Waals surface area contributed by atoms with Gasteiger partial charge in [-0.15, -0.1) is 0 Å². The summed E-state index contributed by atoms with van der Waals surface area (Å²) in [5.41, 5.74) is 5.53. The van der Waals surface area contributed by atoms with Crippen molar-refractivity contribution in [3.63, 3.8) is 0 Å². The van der Waals surface area contributed by atoms with Crippen LogP contribution in [0, 0.1) is 5.92 Å². The van der Waals surface area contributed by atoms with E-state index in [0.29, 0.717) is 19.6 Å². The van der Waals surface area contributed by atoms with E-state index in [1.54, 1.807) is 18.2 Å². The zero-order valence-electron chi connectivity index (χ0n) is 12.3. The second-order valence-corrected chi connectivity index (χ2v) is 7.13. The summed E-state index contributed by atoms with van der Waals surface area (Å²) in [6, 6.07) is 0. The molecule has 1 aliphatic heterocycles. The average Bonchev–Trinajstić information content (AvgIpc) is 2.72. The minimum Gasteiger partial charge on any atom is -0.409 e. The first-order valence-corrected chi connectivity index (χ1v) is 8.55. The highest BCUT2D eigenvalue weighted by molar-refractivity contribution is 7.86. The predicted octanol–water partition coefficient (Wildman–Crippen LogP) is 0.812. The van der Waals surface area contributed by atoms with Gasteiger partial charge in [0.15, 0.2) is 0 Å². The fourth-order valence-electron chi connectivity index (χ4n) is 2.32. The topological polar surface area (TPSA) is 99.2 Å². The van der Waals surface area contributed by atoms with Crippen molar-refractivity contribution in [2.45, 2.75) is 39.5 Å². The quantitative estimate of drug-likeness (QED) is 0.328. The van der Waals surface area contributed by atoms with E-state index >= 15 is 0 Å². The molecule has 7 nitrogen and oxygen atoms in total. The summed E-state index contributed by atoms with van der Waals surface area (Å²) in [5, 5.41) is 11.6. The van der Waals surface area contributed by atoms with Crippen molar-refractivity contribution in [2.24, 2.45) is 16.8 Å². The fourth-order valence-corrected chi connectivity index (χ4v) is 4.10. The van der Waals surface area contributed by atoms with Gasteiger partial charge in [0.25, 0.3) is 10.2 Å². The Morgan fingerprint density at radius 3 is 2.35 bits per heavy atom. The summed E-state index contributed by atoms with van der Waals surface area (Å²) in [4.78, 5) is 0. The molecule has 1 atom stereocenters. The minimum atomic E-state index is -3.46. The highest BCUT2D eigenvalue weighted by atomic mass is 32.2. The molecule has 1 saturated heterocycles. The summed E-state index contributed by atoms with van der Waals surface area (Å²) in [7, 11) is -3.46. The van der Waals surface area contributed by atoms with E-state index in [4.69, 9.17) is 10.9 Å². The van der Waals surface area contributed by atoms with Crippen LogP contribution in [0.1, 0.15) is 39.5 Å². The van der Waals surface area contributed by atoms with Crippen LogP contribution >= 0.6 is 0 Å². The maximum absolute atomic E-state index is 12.6. The van der Waals surface area contributed by atoms with Gasteiger partial charge in [-0.1, -0.05) is 31.8 Å². The Kier molecular flexibility index (Phi) is 6.70. The third-order valence-electron chi connectivity index (χ3n) is 3.67. The molecule has 1 aliphatic rings. The lowest BCUT2D eigenvalue weighted by Gasteiger charge is -2.29. The molecular formula is C12H26N4O3S. The van der Waals surface area contributed by atoms with E-state index in [0.717, 1.165) is 25.7 Å². The molecule has 3 N–H and O–H groups in total. The van der Waals surface area contributed by atoms with Crippen LogP contribution in [0.4, 0.5) is 0 Å². The van der Waals surface area contributed by atoms with Crippen molar-refractivity contribution in [1.82, 2.24) is 8.61 Å². The molecule has 0 aromatic carbocycles. The number of nitrogens with zero attached hydrogens (tertiary/aromatic N) is 3. The van der Waals surface area contributed by atoms with Crippen LogP contribution in [0.15, 0.2) is 5.16 Å². The molecule has 20 heavy (non-hydrogen) atoms. The molecule has 0 aromatic heterocycles. The first-order chi connectivity index (χ1) is 9.43. The van der Waals surface area contributed by atoms with Crippen LogP contribution in [-0.2, 0) is 10.2 Å². The normalized spacial score (nSPS) is 20.9. The molecule has 1 fully saturated rings. The molecule has 1 heterocycles. The van der Waals surface area contributed by atoms with Gasteiger partial charge in [0.1, 0.15) is 5.84 Å². The number of oxime groups is 1. The zero-order chi connectivity index (χ0) is 15.2. The Labute approximate surface area is 121 Å². The number of nitrogens with two attached hydrogens (primary N) is 1. The van der Waals surface area contributed by atoms with E-state index in [-0.39, 0.29) is 18.3 Å². The van der Waals surface area contributed by atoms with Gasteiger partial charge < -0.3 is 10.9 Å². The molecular weight excluding hydrogens is 280 g/mol. The average molecular weight is 306 g/mol. The van der Waals surface area contributed by atoms with E-state index in [9.17, 15) is 8.42 Å². The molecule has 0 aliphatic carbocycles. The van der Waals surface area contributed by atoms with Crippen molar-refractivity contribution >= 4 is 16.0 Å². The number of hydrogen-bond donors (Lipinski definition) is 2. The van der Waals surface area contributed by atoms with E-state index in [1.807, 2.05) is 0 Å². The second kappa shape index (κ2) is 7.80. The highest BCUT2D eigenvalue weighted by Gasteiger charge is 2.30. The Bertz CT molecular complexity index is 416. The molecule has 1 rings (SSSR count). The lowest BCUT2D eigenvalue weighted by atomic mass is 10.1. The van der Waals surface area contributed by atoms with Crippen LogP contribution in [0.25, 0.3) is 0 Å². The third-order valence-corrected chi connectivity index (χ3v) is 5.75. The van der Waals surface area contributed by atoms with E-state index in [1.165, 1.54) is 4.31 Å². The molecule has 0 amide bonds. The Hall–Kier alpha value is -0.860. The van der Waals surface area contributed by atoms with Crippen LogP contribution < -0.4 is 5.73 Å². The SMILES string of the molecule is CCN(CC(C)C(N)=NO)S(=O)(=O)N1CCCCCC1. The maximum Gasteiger partial charge on any atom is 0.281 e. The van der Waals surface area contributed by atoms with Crippen molar-refractivity contribution in [3.8, 4) is 0 Å². The molecule has 0 bridgehead atoms. The Morgan fingerprint density at radius 1 is 1.35 bits per heavy atom. The monoisotopic (exact) mass is 306 g/mol. The predicted molar refractivity (Wildman–Crippen MR) is 78.8 cm³/mol. The summed E-state index contributed by atoms with van der Waals surface area (Å²) in [6.07, 6.45) is 3.98. The largest absolute Gasteiger partial charge is 0.409 e. The first kappa shape index (κ1) is 17.2. The minimum absolute atomic E-state index is 0.0505. The van der Waals surface area contributed by atoms with Crippen molar-refractivity contribution in [2.75, 3.05) is 26.2 Å². The Morgan fingerprint density at radius 2 is 1.90 bits per heavy atom. The number of amidine groups is 1. The molecule has 0 radical (unpaired) electrons. The van der Waals surface area contributed by atoms with Crippen molar-refractivity contribution < 1.29 is 13.6 Å². The Balaban J connectivity index is 2.80. The van der Waals surface area contributed by atoms with Crippen molar-refractivity contribution in [1.29, 1.82) is 0 Å². The molecule has 0 spiro atoms. The first-order valence-electron chi connectivity index (χ1n) is 7.16. The molecule has 118 valence electrons. The van der Waals surface area contributed by atoms with Crippen LogP contribution in [0.2, 0.25) is 0 Å². The van der Waals surface area contributed by atoms with Gasteiger partial charge in [0.05, 0.1) is 0 Å². The van der Waals surface area contributed by atoms with Crippen LogP contribution in [0.3, 0.4) is 0 Å². The lowest BCUT2D eigenvalue weighted by molar-refractivity contribution is 0.307. The molecule has 0 aromatic rings. The maximum atomic E-state index is 12.6. The van der Waals surface area contributed by atoms with Crippen LogP contribution in [-0.4, -0.2) is 54.3 Å². The summed E-state index contributed by atoms with van der Waals surface area (Å²) in [6.45, 7) is 5.31. The third kappa shape index (κ3) is 4.32. The summed E-state index contributed by atoms with van der Waals surface area (Å²) < 4.78 is 28.2. The lowest BCUT2D eigenvalue weighted by Crippen LogP contribution is -2.47. The van der Waals surface area contributed by atoms with E-state index < -0.39 is 10.2 Å². The molecule has 8 heteroatoms. The zero-order valence-corrected chi connectivity index (χ0v) is 13.1. The molecule has 0 saturated carbocycles. The van der Waals surface area contributed by atoms with Gasteiger partial charge in [-0.05, 0) is 12.8 Å². The number of rotatable bonds is 6. The van der Waals surface area contributed by atoms with Gasteiger partial charge in [-0.2, -0.15) is 17.0 Å². The van der Waals surface area contributed by atoms with Gasteiger partial charge >= 0.3 is 0 Å². The molecule has 1 unspecified atom stereocenters. The fraction of sp³-hybridized carbons (Fsp3) is 0.917. The van der Waals surface area contributed by atoms with E-state index in [2.05, 4.69) is 5.16 Å². The summed E-state index contributed by atoms with van der Waals surface area (Å²) >= 11 is 0. The second-order valence-electron chi connectivity index (χ2n) is 5.20. The smallest absolute Gasteiger partial charge is 0.281 e.